The zero-order valence-corrected chi connectivity index (χ0v) is 7.57. The highest BCUT2D eigenvalue weighted by Gasteiger charge is 1.84. The average molecular weight is 141 g/mol. The highest BCUT2D eigenvalue weighted by Crippen LogP contribution is 1.84. The van der Waals surface area contributed by atoms with Gasteiger partial charge in [0, 0.05) is 11.9 Å². The van der Waals surface area contributed by atoms with Crippen LogP contribution in [0.3, 0.4) is 0 Å². The summed E-state index contributed by atoms with van der Waals surface area (Å²) in [5, 5.41) is 0. The van der Waals surface area contributed by atoms with Crippen LogP contribution in [0.4, 0.5) is 0 Å². The molecule has 0 atom stereocenters. The third-order valence-electron chi connectivity index (χ3n) is 1.22. The molecule has 0 saturated carbocycles. The van der Waals surface area contributed by atoms with Gasteiger partial charge in [-0.15, -0.1) is 0 Å². The van der Waals surface area contributed by atoms with Crippen LogP contribution in [0.5, 0.6) is 0 Å². The molecule has 0 rings (SSSR count). The van der Waals surface area contributed by atoms with Crippen molar-refractivity contribution in [3.05, 3.63) is 0 Å². The van der Waals surface area contributed by atoms with Crippen LogP contribution < -0.4 is 0 Å². The second-order valence-electron chi connectivity index (χ2n) is 2.01. The summed E-state index contributed by atoms with van der Waals surface area (Å²) in [5.41, 5.74) is 1.29. The molecule has 0 aromatic rings. The summed E-state index contributed by atoms with van der Waals surface area (Å²) in [6.45, 7) is 6.45. The first-order valence-corrected chi connectivity index (χ1v) is 4.93. The molecule has 0 heterocycles. The van der Waals surface area contributed by atoms with E-state index >= 15 is 0 Å². The Morgan fingerprint density at radius 2 is 2.11 bits per heavy atom. The fraction of sp³-hybridized carbons (Fsp3) is 0.857. The molecule has 0 spiro atoms. The van der Waals surface area contributed by atoms with Crippen molar-refractivity contribution >= 4 is 15.2 Å². The molecule has 0 bridgehead atoms. The van der Waals surface area contributed by atoms with Crippen molar-refractivity contribution < 1.29 is 0 Å². The zero-order valence-electron chi connectivity index (χ0n) is 6.57. The SMILES string of the molecule is CC[Si]CN=C(C)CC. The van der Waals surface area contributed by atoms with Gasteiger partial charge in [-0.25, -0.2) is 0 Å². The van der Waals surface area contributed by atoms with E-state index in [4.69, 9.17) is 0 Å². The van der Waals surface area contributed by atoms with E-state index < -0.39 is 0 Å². The summed E-state index contributed by atoms with van der Waals surface area (Å²) in [4.78, 5) is 4.36. The van der Waals surface area contributed by atoms with Gasteiger partial charge < -0.3 is 0 Å². The van der Waals surface area contributed by atoms with Gasteiger partial charge in [-0.2, -0.15) is 0 Å². The van der Waals surface area contributed by atoms with Crippen LogP contribution in [0.25, 0.3) is 0 Å². The molecule has 1 nitrogen and oxygen atoms in total. The largest absolute Gasteiger partial charge is 0.298 e. The van der Waals surface area contributed by atoms with Gasteiger partial charge in [-0.3, -0.25) is 4.99 Å². The molecule has 0 aromatic carbocycles. The summed E-state index contributed by atoms with van der Waals surface area (Å²) >= 11 is 0. The van der Waals surface area contributed by atoms with Gasteiger partial charge in [0.05, 0.1) is 9.52 Å². The van der Waals surface area contributed by atoms with Crippen molar-refractivity contribution in [3.8, 4) is 0 Å². The molecule has 0 aromatic heterocycles. The Kier molecular flexibility index (Phi) is 5.94. The van der Waals surface area contributed by atoms with E-state index in [2.05, 4.69) is 25.8 Å². The molecule has 0 aliphatic heterocycles. The van der Waals surface area contributed by atoms with Crippen LogP contribution in [0.2, 0.25) is 6.04 Å². The standard InChI is InChI=1S/C7H15NSi/c1-4-7(3)8-6-9-5-2/h4-6H2,1-3H3. The molecule has 2 heteroatoms. The van der Waals surface area contributed by atoms with E-state index in [1.807, 2.05) is 0 Å². The van der Waals surface area contributed by atoms with Gasteiger partial charge >= 0.3 is 0 Å². The predicted molar refractivity (Wildman–Crippen MR) is 44.5 cm³/mol. The van der Waals surface area contributed by atoms with Gasteiger partial charge in [-0.05, 0) is 13.3 Å². The summed E-state index contributed by atoms with van der Waals surface area (Å²) in [7, 11) is 1.02. The van der Waals surface area contributed by atoms with Crippen LogP contribution >= 0.6 is 0 Å². The quantitative estimate of drug-likeness (QED) is 0.322. The maximum Gasteiger partial charge on any atom is 0.0668 e. The van der Waals surface area contributed by atoms with Crippen LogP contribution in [0.1, 0.15) is 27.2 Å². The first-order valence-electron chi connectivity index (χ1n) is 3.51. The predicted octanol–water partition coefficient (Wildman–Crippen LogP) is 1.96. The Balaban J connectivity index is 3.21. The van der Waals surface area contributed by atoms with E-state index in [1.165, 1.54) is 11.8 Å². The second-order valence-corrected chi connectivity index (χ2v) is 3.53. The Bertz CT molecular complexity index is 88.9. The van der Waals surface area contributed by atoms with Crippen molar-refractivity contribution in [1.29, 1.82) is 0 Å². The zero-order chi connectivity index (χ0) is 7.11. The second kappa shape index (κ2) is 6.01. The number of rotatable bonds is 4. The van der Waals surface area contributed by atoms with Crippen molar-refractivity contribution in [2.24, 2.45) is 4.99 Å². The molecule has 2 radical (unpaired) electrons. The third kappa shape index (κ3) is 5.76. The Hall–Kier alpha value is -0.113. The molecule has 0 saturated heterocycles. The minimum atomic E-state index is 1.02. The molecule has 0 aliphatic rings. The normalized spacial score (nSPS) is 12.1. The molecule has 9 heavy (non-hydrogen) atoms. The summed E-state index contributed by atoms with van der Waals surface area (Å²) in [6, 6.07) is 1.28. The lowest BCUT2D eigenvalue weighted by molar-refractivity contribution is 1.20. The minimum Gasteiger partial charge on any atom is -0.298 e. The molecule has 52 valence electrons. The maximum atomic E-state index is 4.36. The fourth-order valence-electron chi connectivity index (χ4n) is 0.414. The third-order valence-corrected chi connectivity index (χ3v) is 2.10. The first-order chi connectivity index (χ1) is 4.31. The number of aliphatic imine (C=N–C) groups is 1. The average Bonchev–Trinajstić information content (AvgIpc) is 1.89. The molecule has 0 amide bonds. The number of hydrogen-bond donors (Lipinski definition) is 0. The van der Waals surface area contributed by atoms with Crippen molar-refractivity contribution in [2.45, 2.75) is 33.2 Å². The monoisotopic (exact) mass is 141 g/mol. The van der Waals surface area contributed by atoms with Crippen LogP contribution in [-0.4, -0.2) is 21.4 Å². The van der Waals surface area contributed by atoms with Crippen LogP contribution in [-0.2, 0) is 0 Å². The highest BCUT2D eigenvalue weighted by atomic mass is 28.2. The van der Waals surface area contributed by atoms with Crippen LogP contribution in [0, 0.1) is 0 Å². The van der Waals surface area contributed by atoms with E-state index in [9.17, 15) is 0 Å². The molecular weight excluding hydrogens is 126 g/mol. The lowest BCUT2D eigenvalue weighted by Crippen LogP contribution is -1.96. The summed E-state index contributed by atoms with van der Waals surface area (Å²) in [5.74, 6) is 0. The Morgan fingerprint density at radius 1 is 1.44 bits per heavy atom. The van der Waals surface area contributed by atoms with E-state index in [1.54, 1.807) is 0 Å². The number of nitrogens with zero attached hydrogens (tertiary/aromatic N) is 1. The van der Waals surface area contributed by atoms with Crippen molar-refractivity contribution in [2.75, 3.05) is 6.17 Å². The Morgan fingerprint density at radius 3 is 2.56 bits per heavy atom. The lowest BCUT2D eigenvalue weighted by Gasteiger charge is -1.92. The number of hydrogen-bond acceptors (Lipinski definition) is 1. The van der Waals surface area contributed by atoms with Gasteiger partial charge in [0.15, 0.2) is 0 Å². The lowest BCUT2D eigenvalue weighted by atomic mass is 10.3. The first kappa shape index (κ1) is 8.89. The smallest absolute Gasteiger partial charge is 0.0668 e. The fourth-order valence-corrected chi connectivity index (χ4v) is 1.02. The van der Waals surface area contributed by atoms with Crippen LogP contribution in [0.15, 0.2) is 4.99 Å². The van der Waals surface area contributed by atoms with E-state index in [-0.39, 0.29) is 0 Å². The molecule has 0 fully saturated rings. The summed E-state index contributed by atoms with van der Waals surface area (Å²) < 4.78 is 0. The van der Waals surface area contributed by atoms with Crippen molar-refractivity contribution in [3.63, 3.8) is 0 Å². The van der Waals surface area contributed by atoms with E-state index in [0.29, 0.717) is 0 Å². The van der Waals surface area contributed by atoms with E-state index in [0.717, 1.165) is 22.1 Å². The Labute approximate surface area is 60.4 Å². The van der Waals surface area contributed by atoms with Crippen molar-refractivity contribution in [1.82, 2.24) is 0 Å². The summed E-state index contributed by atoms with van der Waals surface area (Å²) in [6.07, 6.45) is 2.16. The minimum absolute atomic E-state index is 1.02. The molecular formula is C7H15NSi. The van der Waals surface area contributed by atoms with Gasteiger partial charge in [0.1, 0.15) is 0 Å². The van der Waals surface area contributed by atoms with Gasteiger partial charge in [-0.1, -0.05) is 19.9 Å². The van der Waals surface area contributed by atoms with Gasteiger partial charge in [0.2, 0.25) is 0 Å². The molecule has 0 unspecified atom stereocenters. The topological polar surface area (TPSA) is 12.4 Å². The maximum absolute atomic E-state index is 4.36. The molecule has 0 aliphatic carbocycles. The highest BCUT2D eigenvalue weighted by molar-refractivity contribution is 6.35. The van der Waals surface area contributed by atoms with Gasteiger partial charge in [0.25, 0.3) is 0 Å². The molecule has 0 N–H and O–H groups in total.